The van der Waals surface area contributed by atoms with Crippen molar-refractivity contribution in [3.8, 4) is 0 Å². The van der Waals surface area contributed by atoms with E-state index in [0.29, 0.717) is 31.5 Å². The molecular weight excluding hydrogens is 368 g/mol. The minimum Gasteiger partial charge on any atom is -0.478 e. The Morgan fingerprint density at radius 3 is 2.41 bits per heavy atom. The number of amides is 2. The summed E-state index contributed by atoms with van der Waals surface area (Å²) in [4.78, 5) is 37.6. The molecule has 0 aromatic heterocycles. The largest absolute Gasteiger partial charge is 0.478 e. The highest BCUT2D eigenvalue weighted by atomic mass is 16.4. The fraction of sp³-hybridized carbons (Fsp3) is 0.348. The van der Waals surface area contributed by atoms with E-state index < -0.39 is 5.97 Å². The van der Waals surface area contributed by atoms with Gasteiger partial charge < -0.3 is 15.3 Å². The first kappa shape index (κ1) is 20.6. The summed E-state index contributed by atoms with van der Waals surface area (Å²) in [5.74, 6) is -0.674. The van der Waals surface area contributed by atoms with E-state index in [1.165, 1.54) is 0 Å². The van der Waals surface area contributed by atoms with Gasteiger partial charge in [0.2, 0.25) is 5.91 Å². The molecule has 0 radical (unpaired) electrons. The van der Waals surface area contributed by atoms with Crippen molar-refractivity contribution in [3.63, 3.8) is 0 Å². The number of likely N-dealkylation sites (tertiary alicyclic amines) is 1. The quantitative estimate of drug-likeness (QED) is 0.756. The summed E-state index contributed by atoms with van der Waals surface area (Å²) >= 11 is 0. The number of piperidine rings is 1. The Balaban J connectivity index is 1.45. The summed E-state index contributed by atoms with van der Waals surface area (Å²) in [6.07, 6.45) is 2.92. The van der Waals surface area contributed by atoms with E-state index in [0.717, 1.165) is 24.9 Å². The molecule has 1 saturated heterocycles. The van der Waals surface area contributed by atoms with Gasteiger partial charge >= 0.3 is 5.97 Å². The number of carbonyl (C=O) groups is 3. The number of carbonyl (C=O) groups excluding carboxylic acids is 2. The topological polar surface area (TPSA) is 86.7 Å². The molecule has 1 fully saturated rings. The molecule has 6 nitrogen and oxygen atoms in total. The number of aryl methyl sites for hydroxylation is 1. The number of nitrogens with one attached hydrogen (secondary N) is 1. The second kappa shape index (κ2) is 9.87. The number of nitrogens with zero attached hydrogens (tertiary/aromatic N) is 1. The molecule has 2 N–H and O–H groups in total. The van der Waals surface area contributed by atoms with Crippen LogP contribution in [0, 0.1) is 5.92 Å². The van der Waals surface area contributed by atoms with Crippen molar-refractivity contribution in [2.24, 2.45) is 5.92 Å². The minimum atomic E-state index is -0.952. The van der Waals surface area contributed by atoms with Gasteiger partial charge in [-0.15, -0.1) is 0 Å². The summed E-state index contributed by atoms with van der Waals surface area (Å²) in [6.45, 7) is 1.97. The minimum absolute atomic E-state index is 0.0844. The second-order valence-electron chi connectivity index (χ2n) is 7.43. The molecule has 1 unspecified atom stereocenters. The molecule has 2 aromatic rings. The molecule has 2 aromatic carbocycles. The lowest BCUT2D eigenvalue weighted by molar-refractivity contribution is -0.132. The van der Waals surface area contributed by atoms with Crippen molar-refractivity contribution in [3.05, 3.63) is 71.3 Å². The Bertz CT molecular complexity index is 849. The van der Waals surface area contributed by atoms with Crippen molar-refractivity contribution < 1.29 is 19.5 Å². The van der Waals surface area contributed by atoms with Crippen LogP contribution in [0.3, 0.4) is 0 Å². The van der Waals surface area contributed by atoms with Crippen LogP contribution in [0.1, 0.15) is 45.5 Å². The molecular formula is C23H26N2O4. The number of carboxylic acid groups (broad SMARTS) is 1. The monoisotopic (exact) mass is 394 g/mol. The van der Waals surface area contributed by atoms with Gasteiger partial charge in [-0.2, -0.15) is 0 Å². The van der Waals surface area contributed by atoms with Gasteiger partial charge in [0.15, 0.2) is 0 Å². The summed E-state index contributed by atoms with van der Waals surface area (Å²) in [5.41, 5.74) is 1.84. The molecule has 6 heteroatoms. The van der Waals surface area contributed by atoms with Gasteiger partial charge in [0.05, 0.1) is 5.56 Å². The normalized spacial score (nSPS) is 16.3. The molecule has 1 heterocycles. The lowest BCUT2D eigenvalue weighted by Crippen LogP contribution is -2.43. The third-order valence-corrected chi connectivity index (χ3v) is 5.29. The Labute approximate surface area is 170 Å². The average molecular weight is 394 g/mol. The first-order valence-corrected chi connectivity index (χ1v) is 9.96. The smallest absolute Gasteiger partial charge is 0.335 e. The van der Waals surface area contributed by atoms with Crippen LogP contribution < -0.4 is 5.32 Å². The Morgan fingerprint density at radius 2 is 1.72 bits per heavy atom. The number of aromatic carboxylic acids is 1. The van der Waals surface area contributed by atoms with Crippen LogP contribution in [-0.2, 0) is 11.2 Å². The maximum Gasteiger partial charge on any atom is 0.335 e. The average Bonchev–Trinajstić information content (AvgIpc) is 2.77. The molecule has 0 saturated carbocycles. The van der Waals surface area contributed by atoms with E-state index in [9.17, 15) is 14.4 Å². The number of hydrogen-bond donors (Lipinski definition) is 2. The van der Waals surface area contributed by atoms with Crippen LogP contribution in [0.25, 0.3) is 0 Å². The molecule has 152 valence electrons. The van der Waals surface area contributed by atoms with Crippen molar-refractivity contribution in [2.75, 3.05) is 19.6 Å². The van der Waals surface area contributed by atoms with Crippen molar-refractivity contribution in [1.82, 2.24) is 10.2 Å². The van der Waals surface area contributed by atoms with E-state index >= 15 is 0 Å². The van der Waals surface area contributed by atoms with Crippen molar-refractivity contribution in [1.29, 1.82) is 0 Å². The molecule has 2 amide bonds. The number of rotatable bonds is 7. The first-order chi connectivity index (χ1) is 14.0. The lowest BCUT2D eigenvalue weighted by atomic mass is 9.97. The lowest BCUT2D eigenvalue weighted by Gasteiger charge is -2.33. The zero-order valence-electron chi connectivity index (χ0n) is 16.3. The van der Waals surface area contributed by atoms with Gasteiger partial charge in [-0.05, 0) is 55.0 Å². The van der Waals surface area contributed by atoms with Gasteiger partial charge in [-0.1, -0.05) is 30.3 Å². The predicted molar refractivity (Wildman–Crippen MR) is 110 cm³/mol. The zero-order valence-corrected chi connectivity index (χ0v) is 16.3. The highest BCUT2D eigenvalue weighted by Gasteiger charge is 2.24. The first-order valence-electron chi connectivity index (χ1n) is 9.96. The molecule has 1 aliphatic rings. The molecule has 0 aliphatic carbocycles. The van der Waals surface area contributed by atoms with Crippen molar-refractivity contribution in [2.45, 2.75) is 25.7 Å². The van der Waals surface area contributed by atoms with E-state index in [-0.39, 0.29) is 23.3 Å². The van der Waals surface area contributed by atoms with Crippen molar-refractivity contribution >= 4 is 17.8 Å². The molecule has 29 heavy (non-hydrogen) atoms. The zero-order chi connectivity index (χ0) is 20.6. The molecule has 0 bridgehead atoms. The standard InChI is InChI=1S/C23H26N2O4/c26-21(13-10-17-8-11-20(12-9-17)23(28)29)25-14-4-5-18(16-25)15-24-22(27)19-6-2-1-3-7-19/h1-3,6-9,11-12,18H,4-5,10,13-16H2,(H,24,27)(H,28,29). The summed E-state index contributed by atoms with van der Waals surface area (Å²) in [5, 5.41) is 11.9. The van der Waals surface area contributed by atoms with E-state index in [1.807, 2.05) is 23.1 Å². The Morgan fingerprint density at radius 1 is 1.00 bits per heavy atom. The van der Waals surface area contributed by atoms with Gasteiger partial charge in [0.1, 0.15) is 0 Å². The summed E-state index contributed by atoms with van der Waals surface area (Å²) in [6, 6.07) is 15.8. The van der Waals surface area contributed by atoms with E-state index in [4.69, 9.17) is 5.11 Å². The summed E-state index contributed by atoms with van der Waals surface area (Å²) < 4.78 is 0. The fourth-order valence-corrected chi connectivity index (χ4v) is 3.61. The number of benzene rings is 2. The van der Waals surface area contributed by atoms with E-state index in [1.54, 1.807) is 36.4 Å². The maximum atomic E-state index is 12.6. The number of carboxylic acids is 1. The Kier molecular flexibility index (Phi) is 7.00. The summed E-state index contributed by atoms with van der Waals surface area (Å²) in [7, 11) is 0. The van der Waals surface area contributed by atoms with Gasteiger partial charge in [-0.25, -0.2) is 4.79 Å². The van der Waals surface area contributed by atoms with Crippen LogP contribution >= 0.6 is 0 Å². The molecule has 0 spiro atoms. The van der Waals surface area contributed by atoms with Crippen LogP contribution in [0.15, 0.2) is 54.6 Å². The Hall–Kier alpha value is -3.15. The van der Waals surface area contributed by atoms with E-state index in [2.05, 4.69) is 5.32 Å². The highest BCUT2D eigenvalue weighted by molar-refractivity contribution is 5.94. The van der Waals surface area contributed by atoms with Gasteiger partial charge in [-0.3, -0.25) is 9.59 Å². The SMILES string of the molecule is O=C(O)c1ccc(CCC(=O)N2CCCC(CNC(=O)c3ccccc3)C2)cc1. The van der Waals surface area contributed by atoms with Crippen LogP contribution in [0.5, 0.6) is 0 Å². The second-order valence-corrected chi connectivity index (χ2v) is 7.43. The fourth-order valence-electron chi connectivity index (χ4n) is 3.61. The third kappa shape index (κ3) is 5.91. The molecule has 1 atom stereocenters. The van der Waals surface area contributed by atoms with Crippen LogP contribution in [0.2, 0.25) is 0 Å². The van der Waals surface area contributed by atoms with Crippen LogP contribution in [0.4, 0.5) is 0 Å². The van der Waals surface area contributed by atoms with Gasteiger partial charge in [0, 0.05) is 31.6 Å². The molecule has 3 rings (SSSR count). The third-order valence-electron chi connectivity index (χ3n) is 5.29. The van der Waals surface area contributed by atoms with Gasteiger partial charge in [0.25, 0.3) is 5.91 Å². The maximum absolute atomic E-state index is 12.6. The van der Waals surface area contributed by atoms with Crippen LogP contribution in [-0.4, -0.2) is 47.4 Å². The predicted octanol–water partition coefficient (Wildman–Crippen LogP) is 2.99. The highest BCUT2D eigenvalue weighted by Crippen LogP contribution is 2.18. The number of hydrogen-bond acceptors (Lipinski definition) is 3. The molecule has 1 aliphatic heterocycles.